The quantitative estimate of drug-likeness (QED) is 0.496. The molecule has 0 aromatic carbocycles. The fourth-order valence-corrected chi connectivity index (χ4v) is 1.49. The van der Waals surface area contributed by atoms with Crippen molar-refractivity contribution >= 4 is 17.7 Å². The molecule has 0 spiro atoms. The van der Waals surface area contributed by atoms with Crippen LogP contribution in [0.2, 0.25) is 0 Å². The van der Waals surface area contributed by atoms with Crippen LogP contribution in [0.25, 0.3) is 0 Å². The Morgan fingerprint density at radius 2 is 2.29 bits per heavy atom. The van der Waals surface area contributed by atoms with E-state index in [4.69, 9.17) is 5.73 Å². The van der Waals surface area contributed by atoms with Gasteiger partial charge in [-0.1, -0.05) is 6.08 Å². The number of thioether (sulfide) groups is 1. The molecule has 0 aliphatic carbocycles. The van der Waals surface area contributed by atoms with E-state index in [1.54, 1.807) is 11.8 Å². The van der Waals surface area contributed by atoms with Gasteiger partial charge < -0.3 is 11.1 Å². The zero-order chi connectivity index (χ0) is 11.0. The number of hydrogen-bond donors (Lipinski definition) is 2. The van der Waals surface area contributed by atoms with Gasteiger partial charge in [0.15, 0.2) is 0 Å². The highest BCUT2D eigenvalue weighted by Crippen LogP contribution is 2.02. The summed E-state index contributed by atoms with van der Waals surface area (Å²) in [6.07, 6.45) is 2.23. The van der Waals surface area contributed by atoms with Crippen LogP contribution in [0.4, 0.5) is 0 Å². The van der Waals surface area contributed by atoms with Crippen LogP contribution in [0.1, 0.15) is 20.3 Å². The Hall–Kier alpha value is -0.480. The molecule has 0 aliphatic rings. The van der Waals surface area contributed by atoms with Gasteiger partial charge in [0.05, 0.1) is 0 Å². The Morgan fingerprint density at radius 3 is 2.79 bits per heavy atom. The molecule has 0 saturated heterocycles. The van der Waals surface area contributed by atoms with E-state index in [-0.39, 0.29) is 5.91 Å². The smallest absolute Gasteiger partial charge is 0.221 e. The number of amides is 1. The minimum atomic E-state index is -0.418. The van der Waals surface area contributed by atoms with E-state index in [0.717, 1.165) is 11.5 Å². The molecular formula is C10H20N2OS. The number of hydrogen-bond acceptors (Lipinski definition) is 3. The van der Waals surface area contributed by atoms with E-state index in [1.165, 1.54) is 0 Å². The molecule has 0 aromatic rings. The van der Waals surface area contributed by atoms with Gasteiger partial charge in [0.2, 0.25) is 5.91 Å². The van der Waals surface area contributed by atoms with Crippen molar-refractivity contribution in [1.82, 2.24) is 5.32 Å². The van der Waals surface area contributed by atoms with E-state index in [2.05, 4.69) is 11.9 Å². The maximum Gasteiger partial charge on any atom is 0.221 e. The van der Waals surface area contributed by atoms with E-state index >= 15 is 0 Å². The van der Waals surface area contributed by atoms with Gasteiger partial charge in [-0.15, -0.1) is 6.58 Å². The molecule has 0 atom stereocenters. The van der Waals surface area contributed by atoms with Crippen LogP contribution in [0.5, 0.6) is 0 Å². The van der Waals surface area contributed by atoms with Crippen molar-refractivity contribution in [2.24, 2.45) is 5.73 Å². The van der Waals surface area contributed by atoms with Gasteiger partial charge in [-0.3, -0.25) is 4.79 Å². The van der Waals surface area contributed by atoms with Crippen molar-refractivity contribution in [1.29, 1.82) is 0 Å². The fourth-order valence-electron chi connectivity index (χ4n) is 0.906. The zero-order valence-corrected chi connectivity index (χ0v) is 9.82. The van der Waals surface area contributed by atoms with Crippen LogP contribution in [-0.2, 0) is 4.79 Å². The monoisotopic (exact) mass is 216 g/mol. The summed E-state index contributed by atoms with van der Waals surface area (Å²) in [5.74, 6) is 1.87. The van der Waals surface area contributed by atoms with Gasteiger partial charge >= 0.3 is 0 Å². The lowest BCUT2D eigenvalue weighted by Gasteiger charge is -2.17. The molecule has 0 rings (SSSR count). The first-order valence-electron chi connectivity index (χ1n) is 4.70. The summed E-state index contributed by atoms with van der Waals surface area (Å²) in [6, 6.07) is 0. The molecule has 0 heterocycles. The molecule has 0 aromatic heterocycles. The summed E-state index contributed by atoms with van der Waals surface area (Å²) >= 11 is 1.75. The van der Waals surface area contributed by atoms with E-state index in [9.17, 15) is 4.79 Å². The number of nitrogens with two attached hydrogens (primary N) is 1. The highest BCUT2D eigenvalue weighted by Gasteiger charge is 2.15. The highest BCUT2D eigenvalue weighted by molar-refractivity contribution is 7.99. The van der Waals surface area contributed by atoms with Gasteiger partial charge in [0.25, 0.3) is 0 Å². The Labute approximate surface area is 90.5 Å². The lowest BCUT2D eigenvalue weighted by atomic mass is 10.0. The number of carbonyl (C=O) groups is 1. The molecule has 14 heavy (non-hydrogen) atoms. The van der Waals surface area contributed by atoms with Gasteiger partial charge in [-0.25, -0.2) is 0 Å². The van der Waals surface area contributed by atoms with Crippen LogP contribution in [0.15, 0.2) is 12.7 Å². The molecular weight excluding hydrogens is 196 g/mol. The molecule has 0 aliphatic heterocycles. The van der Waals surface area contributed by atoms with Gasteiger partial charge in [-0.2, -0.15) is 11.8 Å². The molecule has 0 bridgehead atoms. The van der Waals surface area contributed by atoms with Crippen LogP contribution in [0.3, 0.4) is 0 Å². The van der Waals surface area contributed by atoms with Gasteiger partial charge in [0, 0.05) is 30.0 Å². The van der Waals surface area contributed by atoms with Crippen LogP contribution in [0, 0.1) is 0 Å². The van der Waals surface area contributed by atoms with Crippen molar-refractivity contribution in [2.75, 3.05) is 18.1 Å². The lowest BCUT2D eigenvalue weighted by molar-refractivity contribution is -0.121. The van der Waals surface area contributed by atoms with E-state index < -0.39 is 5.54 Å². The van der Waals surface area contributed by atoms with E-state index in [0.29, 0.717) is 13.0 Å². The summed E-state index contributed by atoms with van der Waals surface area (Å²) in [4.78, 5) is 11.3. The Kier molecular flexibility index (Phi) is 6.66. The summed E-state index contributed by atoms with van der Waals surface area (Å²) in [7, 11) is 0. The average molecular weight is 216 g/mol. The predicted octanol–water partition coefficient (Wildman–Crippen LogP) is 1.15. The van der Waals surface area contributed by atoms with Crippen molar-refractivity contribution in [3.63, 3.8) is 0 Å². The Morgan fingerprint density at radius 1 is 1.64 bits per heavy atom. The standard InChI is InChI=1S/C10H20N2OS/c1-4-6-14-7-5-12-9(13)8-10(2,3)11/h4H,1,5-8,11H2,2-3H3,(H,12,13). The van der Waals surface area contributed by atoms with Gasteiger partial charge in [-0.05, 0) is 13.8 Å². The second-order valence-corrected chi connectivity index (χ2v) is 5.03. The van der Waals surface area contributed by atoms with Crippen molar-refractivity contribution in [3.05, 3.63) is 12.7 Å². The number of rotatable bonds is 7. The maximum absolute atomic E-state index is 11.3. The number of nitrogens with one attached hydrogen (secondary N) is 1. The molecule has 0 radical (unpaired) electrons. The van der Waals surface area contributed by atoms with Crippen LogP contribution >= 0.6 is 11.8 Å². The molecule has 4 heteroatoms. The third-order valence-electron chi connectivity index (χ3n) is 1.42. The van der Waals surface area contributed by atoms with Gasteiger partial charge in [0.1, 0.15) is 0 Å². The normalized spacial score (nSPS) is 11.1. The molecule has 0 saturated carbocycles. The fraction of sp³-hybridized carbons (Fsp3) is 0.700. The summed E-state index contributed by atoms with van der Waals surface area (Å²) in [5.41, 5.74) is 5.29. The van der Waals surface area contributed by atoms with Crippen molar-refractivity contribution in [2.45, 2.75) is 25.8 Å². The van der Waals surface area contributed by atoms with E-state index in [1.807, 2.05) is 19.9 Å². The number of carbonyl (C=O) groups excluding carboxylic acids is 1. The second kappa shape index (κ2) is 6.90. The topological polar surface area (TPSA) is 55.1 Å². The molecule has 0 fully saturated rings. The Bertz CT molecular complexity index is 187. The van der Waals surface area contributed by atoms with Crippen LogP contribution < -0.4 is 11.1 Å². The minimum absolute atomic E-state index is 0.0247. The average Bonchev–Trinajstić information content (AvgIpc) is 2.00. The molecule has 82 valence electrons. The largest absolute Gasteiger partial charge is 0.355 e. The van der Waals surface area contributed by atoms with Crippen LogP contribution in [-0.4, -0.2) is 29.5 Å². The first-order valence-corrected chi connectivity index (χ1v) is 5.85. The maximum atomic E-state index is 11.3. The second-order valence-electron chi connectivity index (χ2n) is 3.88. The summed E-state index contributed by atoms with van der Waals surface area (Å²) in [5, 5.41) is 2.82. The SMILES string of the molecule is C=CCSCCNC(=O)CC(C)(C)N. The molecule has 3 N–H and O–H groups in total. The minimum Gasteiger partial charge on any atom is -0.355 e. The predicted molar refractivity (Wildman–Crippen MR) is 63.4 cm³/mol. The Balaban J connectivity index is 3.41. The third-order valence-corrected chi connectivity index (χ3v) is 2.38. The third kappa shape index (κ3) is 9.61. The highest BCUT2D eigenvalue weighted by atomic mass is 32.2. The van der Waals surface area contributed by atoms with Crippen molar-refractivity contribution in [3.8, 4) is 0 Å². The van der Waals surface area contributed by atoms with Crippen molar-refractivity contribution < 1.29 is 4.79 Å². The summed E-state index contributed by atoms with van der Waals surface area (Å²) < 4.78 is 0. The molecule has 1 amide bonds. The summed E-state index contributed by atoms with van der Waals surface area (Å²) in [6.45, 7) is 8.01. The zero-order valence-electron chi connectivity index (χ0n) is 9.01. The molecule has 0 unspecified atom stereocenters. The lowest BCUT2D eigenvalue weighted by Crippen LogP contribution is -2.39. The first kappa shape index (κ1) is 13.5. The first-order chi connectivity index (χ1) is 6.45. The molecule has 3 nitrogen and oxygen atoms in total.